The highest BCUT2D eigenvalue weighted by atomic mass is 16.2. The summed E-state index contributed by atoms with van der Waals surface area (Å²) >= 11 is 0. The van der Waals surface area contributed by atoms with Crippen LogP contribution in [0.25, 0.3) is 0 Å². The van der Waals surface area contributed by atoms with Crippen molar-refractivity contribution in [3.63, 3.8) is 0 Å². The summed E-state index contributed by atoms with van der Waals surface area (Å²) in [4.78, 5) is 47.3. The first kappa shape index (κ1) is 18.3. The molecule has 1 unspecified atom stereocenters. The molecule has 1 atom stereocenters. The van der Waals surface area contributed by atoms with Gasteiger partial charge in [0.2, 0.25) is 11.9 Å². The highest BCUT2D eigenvalue weighted by Gasteiger charge is 2.55. The lowest BCUT2D eigenvalue weighted by Gasteiger charge is -2.34. The van der Waals surface area contributed by atoms with Gasteiger partial charge in [-0.1, -0.05) is 35.3 Å². The molecule has 0 saturated carbocycles. The average Bonchev–Trinajstić information content (AvgIpc) is 3.08. The van der Waals surface area contributed by atoms with Gasteiger partial charge in [0, 0.05) is 25.7 Å². The zero-order valence-electron chi connectivity index (χ0n) is 16.0. The van der Waals surface area contributed by atoms with Gasteiger partial charge in [0.25, 0.3) is 5.91 Å². The summed E-state index contributed by atoms with van der Waals surface area (Å²) in [5.41, 5.74) is 0.470. The molecule has 0 aromatic heterocycles. The lowest BCUT2D eigenvalue weighted by molar-refractivity contribution is -0.537. The quantitative estimate of drug-likeness (QED) is 0.559. The largest absolute Gasteiger partial charge is 0.392 e. The fourth-order valence-corrected chi connectivity index (χ4v) is 3.75. The van der Waals surface area contributed by atoms with Gasteiger partial charge in [0.05, 0.1) is 26.7 Å². The molecule has 3 aliphatic heterocycles. The smallest absolute Gasteiger partial charge is 0.310 e. The number of carbonyl (C=O) groups is 3. The molecular formula is C19H23N6O3+. The maximum Gasteiger partial charge on any atom is 0.392 e. The minimum absolute atomic E-state index is 0.275. The number of carbonyl (C=O) groups excluding carboxylic acids is 3. The first-order chi connectivity index (χ1) is 13.5. The van der Waals surface area contributed by atoms with Gasteiger partial charge in [-0.3, -0.25) is 24.0 Å². The molecule has 0 aliphatic carbocycles. The number of amides is 3. The summed E-state index contributed by atoms with van der Waals surface area (Å²) in [6, 6.07) is 7.44. The summed E-state index contributed by atoms with van der Waals surface area (Å²) in [5.74, 6) is 0.405. The number of piperazine rings is 1. The van der Waals surface area contributed by atoms with E-state index >= 15 is 0 Å². The number of benzene rings is 1. The van der Waals surface area contributed by atoms with Crippen molar-refractivity contribution in [1.29, 1.82) is 0 Å². The topological polar surface area (TPSA) is 88.3 Å². The van der Waals surface area contributed by atoms with Gasteiger partial charge in [0.1, 0.15) is 0 Å². The molecule has 0 spiro atoms. The monoisotopic (exact) mass is 383 g/mol. The second-order valence-corrected chi connectivity index (χ2v) is 7.08. The van der Waals surface area contributed by atoms with E-state index in [1.807, 2.05) is 6.07 Å². The van der Waals surface area contributed by atoms with Crippen molar-refractivity contribution in [3.05, 3.63) is 35.9 Å². The van der Waals surface area contributed by atoms with Crippen molar-refractivity contribution < 1.29 is 19.0 Å². The van der Waals surface area contributed by atoms with Crippen LogP contribution in [0.5, 0.6) is 0 Å². The molecule has 3 amide bonds. The van der Waals surface area contributed by atoms with E-state index < -0.39 is 18.0 Å². The minimum atomic E-state index is -0.698. The molecule has 1 aromatic rings. The number of hydrogen-bond acceptors (Lipinski definition) is 4. The molecule has 2 fully saturated rings. The zero-order chi connectivity index (χ0) is 19.8. The summed E-state index contributed by atoms with van der Waals surface area (Å²) in [6.45, 7) is 2.96. The summed E-state index contributed by atoms with van der Waals surface area (Å²) in [7, 11) is 3.40. The van der Waals surface area contributed by atoms with E-state index in [9.17, 15) is 14.4 Å². The number of amidine groups is 1. The van der Waals surface area contributed by atoms with Gasteiger partial charge in [-0.2, -0.15) is 0 Å². The molecule has 9 heteroatoms. The van der Waals surface area contributed by atoms with Crippen LogP contribution in [0.1, 0.15) is 10.4 Å². The summed E-state index contributed by atoms with van der Waals surface area (Å²) in [5, 5.41) is 3.29. The number of aliphatic imine (C=N–C) groups is 1. The van der Waals surface area contributed by atoms with E-state index in [0.29, 0.717) is 17.4 Å². The number of urea groups is 1. The maximum absolute atomic E-state index is 13.1. The van der Waals surface area contributed by atoms with Gasteiger partial charge in [-0.25, -0.2) is 9.69 Å². The van der Waals surface area contributed by atoms with Crippen LogP contribution in [0, 0.1) is 0 Å². The molecule has 4 rings (SSSR count). The van der Waals surface area contributed by atoms with Crippen molar-refractivity contribution in [2.75, 3.05) is 46.8 Å². The van der Waals surface area contributed by atoms with Crippen molar-refractivity contribution in [1.82, 2.24) is 20.0 Å². The SMILES string of the molecule is CN1C(=O)N(CC(=O)c2ccccc2)C(=O)C2C1=NC(=[N+]1CCNCC1)N2C. The molecule has 3 heterocycles. The molecule has 2 saturated heterocycles. The molecule has 0 radical (unpaired) electrons. The number of hydrogen-bond donors (Lipinski definition) is 1. The normalized spacial score (nSPS) is 22.6. The number of likely N-dealkylation sites (N-methyl/N-ethyl adjacent to an activating group) is 2. The number of nitrogens with one attached hydrogen (secondary N) is 1. The number of nitrogens with zero attached hydrogens (tertiary/aromatic N) is 5. The van der Waals surface area contributed by atoms with Crippen LogP contribution < -0.4 is 5.32 Å². The van der Waals surface area contributed by atoms with Crippen LogP contribution in [0.2, 0.25) is 0 Å². The van der Waals surface area contributed by atoms with Crippen LogP contribution in [-0.4, -0.2) is 102 Å². The maximum atomic E-state index is 13.1. The summed E-state index contributed by atoms with van der Waals surface area (Å²) in [6.07, 6.45) is 0. The van der Waals surface area contributed by atoms with Crippen molar-refractivity contribution in [2.24, 2.45) is 4.99 Å². The molecule has 9 nitrogen and oxygen atoms in total. The number of guanidine groups is 1. The Bertz CT molecular complexity index is 886. The molecule has 28 heavy (non-hydrogen) atoms. The predicted octanol–water partition coefficient (Wildman–Crippen LogP) is -0.552. The Balaban J connectivity index is 1.61. The fraction of sp³-hybridized carbons (Fsp3) is 0.421. The van der Waals surface area contributed by atoms with Gasteiger partial charge < -0.3 is 5.32 Å². The fourth-order valence-electron chi connectivity index (χ4n) is 3.75. The predicted molar refractivity (Wildman–Crippen MR) is 103 cm³/mol. The van der Waals surface area contributed by atoms with E-state index in [1.165, 1.54) is 4.90 Å². The van der Waals surface area contributed by atoms with Crippen molar-refractivity contribution in [2.45, 2.75) is 6.04 Å². The Morgan fingerprint density at radius 3 is 2.54 bits per heavy atom. The molecular weight excluding hydrogens is 360 g/mol. The Morgan fingerprint density at radius 2 is 1.86 bits per heavy atom. The van der Waals surface area contributed by atoms with Crippen LogP contribution in [0.15, 0.2) is 35.3 Å². The van der Waals surface area contributed by atoms with Gasteiger partial charge in [0.15, 0.2) is 5.78 Å². The second kappa shape index (κ2) is 7.16. The average molecular weight is 383 g/mol. The van der Waals surface area contributed by atoms with Crippen LogP contribution in [0.4, 0.5) is 4.79 Å². The second-order valence-electron chi connectivity index (χ2n) is 7.08. The first-order valence-electron chi connectivity index (χ1n) is 9.30. The first-order valence-corrected chi connectivity index (χ1v) is 9.30. The third-order valence-electron chi connectivity index (χ3n) is 5.32. The molecule has 146 valence electrons. The van der Waals surface area contributed by atoms with E-state index in [1.54, 1.807) is 43.3 Å². The van der Waals surface area contributed by atoms with Crippen molar-refractivity contribution in [3.8, 4) is 0 Å². The minimum Gasteiger partial charge on any atom is -0.310 e. The summed E-state index contributed by atoms with van der Waals surface area (Å²) < 4.78 is 2.10. The number of rotatable bonds is 3. The van der Waals surface area contributed by atoms with Crippen LogP contribution >= 0.6 is 0 Å². The molecule has 3 aliphatic rings. The lowest BCUT2D eigenvalue weighted by Crippen LogP contribution is -2.64. The Kier molecular flexibility index (Phi) is 4.68. The molecule has 1 N–H and O–H groups in total. The lowest BCUT2D eigenvalue weighted by atomic mass is 10.1. The zero-order valence-corrected chi connectivity index (χ0v) is 16.0. The van der Waals surface area contributed by atoms with Crippen LogP contribution in [-0.2, 0) is 4.79 Å². The van der Waals surface area contributed by atoms with Gasteiger partial charge in [-0.05, 0) is 0 Å². The third kappa shape index (κ3) is 2.97. The standard InChI is InChI=1S/C19H23N6O3/c1-22-15-16(21-18(22)24-10-8-20-9-11-24)23(2)19(28)25(17(15)27)12-14(26)13-6-4-3-5-7-13/h3-7,15,20H,8-12H2,1-2H3/q+1. The molecule has 0 bridgehead atoms. The van der Waals surface area contributed by atoms with Crippen LogP contribution in [0.3, 0.4) is 0 Å². The van der Waals surface area contributed by atoms with Gasteiger partial charge >= 0.3 is 12.0 Å². The van der Waals surface area contributed by atoms with E-state index in [0.717, 1.165) is 31.1 Å². The Hall–Kier alpha value is -3.07. The molecule has 1 aromatic carbocycles. The van der Waals surface area contributed by atoms with E-state index in [4.69, 9.17) is 0 Å². The van der Waals surface area contributed by atoms with E-state index in [-0.39, 0.29) is 12.3 Å². The number of ketones is 1. The number of Topliss-reactive ketones (excluding diaryl/α,β-unsaturated/α-hetero) is 1. The third-order valence-corrected chi connectivity index (χ3v) is 5.32. The highest BCUT2D eigenvalue weighted by Crippen LogP contribution is 2.22. The van der Waals surface area contributed by atoms with Crippen molar-refractivity contribution >= 4 is 29.5 Å². The Morgan fingerprint density at radius 1 is 1.18 bits per heavy atom. The van der Waals surface area contributed by atoms with Gasteiger partial charge in [-0.15, -0.1) is 0 Å². The number of fused-ring (bicyclic) bond motifs is 1. The number of imide groups is 1. The van der Waals surface area contributed by atoms with E-state index in [2.05, 4.69) is 14.9 Å². The Labute approximate surface area is 162 Å². The highest BCUT2D eigenvalue weighted by molar-refractivity contribution is 6.26.